The third kappa shape index (κ3) is 1.84. The van der Waals surface area contributed by atoms with Crippen molar-refractivity contribution >= 4 is 5.91 Å². The lowest BCUT2D eigenvalue weighted by molar-refractivity contribution is 0.0711. The first-order chi connectivity index (χ1) is 8.34. The topological polar surface area (TPSA) is 25.2 Å². The molecule has 86 valence electrons. The summed E-state index contributed by atoms with van der Waals surface area (Å²) in [7, 11) is 0. The zero-order valence-electron chi connectivity index (χ0n) is 9.54. The van der Waals surface area contributed by atoms with Gasteiger partial charge in [-0.05, 0) is 24.3 Å². The van der Waals surface area contributed by atoms with Crippen LogP contribution in [0.3, 0.4) is 0 Å². The number of aromatic nitrogens is 1. The number of hydrogen-bond donors (Lipinski definition) is 0. The van der Waals surface area contributed by atoms with Gasteiger partial charge in [0.15, 0.2) is 0 Å². The smallest absolute Gasteiger partial charge is 0.254 e. The molecule has 0 saturated heterocycles. The molecule has 1 aliphatic heterocycles. The van der Waals surface area contributed by atoms with E-state index in [1.54, 1.807) is 0 Å². The molecule has 1 aliphatic rings. The molecule has 3 nitrogen and oxygen atoms in total. The fourth-order valence-corrected chi connectivity index (χ4v) is 2.25. The lowest BCUT2D eigenvalue weighted by Crippen LogP contribution is -2.37. The van der Waals surface area contributed by atoms with Crippen molar-refractivity contribution in [2.45, 2.75) is 13.1 Å². The van der Waals surface area contributed by atoms with Crippen LogP contribution < -0.4 is 0 Å². The third-order valence-corrected chi connectivity index (χ3v) is 3.20. The summed E-state index contributed by atoms with van der Waals surface area (Å²) in [6.07, 6.45) is 2.07. The first-order valence-electron chi connectivity index (χ1n) is 5.83. The van der Waals surface area contributed by atoms with Crippen LogP contribution in [0.4, 0.5) is 0 Å². The van der Waals surface area contributed by atoms with Crippen LogP contribution in [0.2, 0.25) is 0 Å². The molecule has 0 bridgehead atoms. The van der Waals surface area contributed by atoms with Crippen molar-refractivity contribution in [2.24, 2.45) is 0 Å². The number of carbonyl (C=O) groups excluding carboxylic acids is 1. The van der Waals surface area contributed by atoms with Crippen molar-refractivity contribution in [3.63, 3.8) is 0 Å². The SMILES string of the molecule is O=C(c1ccccc1)N1CCn2cccc2C1. The number of nitrogens with zero attached hydrogens (tertiary/aromatic N) is 2. The number of amides is 1. The monoisotopic (exact) mass is 226 g/mol. The van der Waals surface area contributed by atoms with Crippen LogP contribution in [0.15, 0.2) is 48.7 Å². The van der Waals surface area contributed by atoms with Crippen LogP contribution in [0, 0.1) is 0 Å². The molecule has 2 aromatic rings. The Morgan fingerprint density at radius 2 is 1.82 bits per heavy atom. The van der Waals surface area contributed by atoms with Crippen molar-refractivity contribution in [3.8, 4) is 0 Å². The molecule has 0 radical (unpaired) electrons. The number of carbonyl (C=O) groups is 1. The van der Waals surface area contributed by atoms with Crippen molar-refractivity contribution in [3.05, 3.63) is 59.9 Å². The maximum atomic E-state index is 12.2. The van der Waals surface area contributed by atoms with Gasteiger partial charge in [-0.15, -0.1) is 0 Å². The van der Waals surface area contributed by atoms with Crippen LogP contribution >= 0.6 is 0 Å². The Morgan fingerprint density at radius 3 is 2.65 bits per heavy atom. The van der Waals surface area contributed by atoms with Crippen molar-refractivity contribution < 1.29 is 4.79 Å². The van der Waals surface area contributed by atoms with E-state index in [4.69, 9.17) is 0 Å². The molecule has 1 aromatic carbocycles. The summed E-state index contributed by atoms with van der Waals surface area (Å²) in [6.45, 7) is 2.39. The fraction of sp³-hybridized carbons (Fsp3) is 0.214. The minimum atomic E-state index is 0.123. The lowest BCUT2D eigenvalue weighted by atomic mass is 10.2. The van der Waals surface area contributed by atoms with Gasteiger partial charge in [0.05, 0.1) is 6.54 Å². The molecule has 0 saturated carbocycles. The van der Waals surface area contributed by atoms with Crippen molar-refractivity contribution in [2.75, 3.05) is 6.54 Å². The van der Waals surface area contributed by atoms with Gasteiger partial charge in [-0.25, -0.2) is 0 Å². The van der Waals surface area contributed by atoms with E-state index in [0.29, 0.717) is 6.54 Å². The summed E-state index contributed by atoms with van der Waals surface area (Å²) >= 11 is 0. The highest BCUT2D eigenvalue weighted by molar-refractivity contribution is 5.94. The molecule has 0 fully saturated rings. The largest absolute Gasteiger partial charge is 0.348 e. The van der Waals surface area contributed by atoms with Crippen molar-refractivity contribution in [1.82, 2.24) is 9.47 Å². The summed E-state index contributed by atoms with van der Waals surface area (Å²) in [5.41, 5.74) is 1.98. The summed E-state index contributed by atoms with van der Waals surface area (Å²) in [6, 6.07) is 13.6. The van der Waals surface area contributed by atoms with Gasteiger partial charge in [0.1, 0.15) is 0 Å². The number of hydrogen-bond acceptors (Lipinski definition) is 1. The van der Waals surface area contributed by atoms with Gasteiger partial charge < -0.3 is 9.47 Å². The summed E-state index contributed by atoms with van der Waals surface area (Å²) < 4.78 is 2.20. The van der Waals surface area contributed by atoms with E-state index in [0.717, 1.165) is 18.7 Å². The molecule has 0 atom stereocenters. The van der Waals surface area contributed by atoms with Gasteiger partial charge in [-0.1, -0.05) is 18.2 Å². The molecular formula is C14H14N2O. The van der Waals surface area contributed by atoms with Crippen LogP contribution in [-0.2, 0) is 13.1 Å². The summed E-state index contributed by atoms with van der Waals surface area (Å²) in [4.78, 5) is 14.2. The van der Waals surface area contributed by atoms with Gasteiger partial charge >= 0.3 is 0 Å². The van der Waals surface area contributed by atoms with E-state index in [9.17, 15) is 4.79 Å². The Labute approximate surface area is 100 Å². The third-order valence-electron chi connectivity index (χ3n) is 3.20. The molecule has 0 unspecified atom stereocenters. The van der Waals surface area contributed by atoms with E-state index < -0.39 is 0 Å². The second-order valence-corrected chi connectivity index (χ2v) is 4.29. The van der Waals surface area contributed by atoms with Gasteiger partial charge in [0.25, 0.3) is 5.91 Å². The normalized spacial score (nSPS) is 14.5. The van der Waals surface area contributed by atoms with Crippen LogP contribution in [-0.4, -0.2) is 21.9 Å². The van der Waals surface area contributed by atoms with Crippen LogP contribution in [0.1, 0.15) is 16.1 Å². The second kappa shape index (κ2) is 4.09. The highest BCUT2D eigenvalue weighted by Crippen LogP contribution is 2.15. The zero-order chi connectivity index (χ0) is 11.7. The maximum absolute atomic E-state index is 12.2. The second-order valence-electron chi connectivity index (χ2n) is 4.29. The van der Waals surface area contributed by atoms with Crippen molar-refractivity contribution in [1.29, 1.82) is 0 Å². The first-order valence-corrected chi connectivity index (χ1v) is 5.83. The Bertz CT molecular complexity index is 530. The number of fused-ring (bicyclic) bond motifs is 1. The van der Waals surface area contributed by atoms with E-state index in [1.165, 1.54) is 5.69 Å². The van der Waals surface area contributed by atoms with Gasteiger partial charge in [0.2, 0.25) is 0 Å². The number of benzene rings is 1. The molecule has 0 N–H and O–H groups in total. The van der Waals surface area contributed by atoms with Crippen LogP contribution in [0.5, 0.6) is 0 Å². The Kier molecular flexibility index (Phi) is 2.44. The van der Waals surface area contributed by atoms with E-state index >= 15 is 0 Å². The van der Waals surface area contributed by atoms with Gasteiger partial charge in [-0.2, -0.15) is 0 Å². The quantitative estimate of drug-likeness (QED) is 0.731. The molecule has 1 amide bonds. The molecule has 2 heterocycles. The Hall–Kier alpha value is -2.03. The van der Waals surface area contributed by atoms with Crippen LogP contribution in [0.25, 0.3) is 0 Å². The van der Waals surface area contributed by atoms with Gasteiger partial charge in [0, 0.05) is 30.5 Å². The standard InChI is InChI=1S/C14H14N2O/c17-14(12-5-2-1-3-6-12)16-10-9-15-8-4-7-13(15)11-16/h1-8H,9-11H2. The average molecular weight is 226 g/mol. The fourth-order valence-electron chi connectivity index (χ4n) is 2.25. The lowest BCUT2D eigenvalue weighted by Gasteiger charge is -2.28. The Balaban J connectivity index is 1.81. The predicted octanol–water partition coefficient (Wildman–Crippen LogP) is 2.14. The minimum absolute atomic E-state index is 0.123. The molecule has 0 aliphatic carbocycles. The van der Waals surface area contributed by atoms with E-state index in [-0.39, 0.29) is 5.91 Å². The molecular weight excluding hydrogens is 212 g/mol. The highest BCUT2D eigenvalue weighted by Gasteiger charge is 2.20. The van der Waals surface area contributed by atoms with E-state index in [2.05, 4.69) is 16.8 Å². The van der Waals surface area contributed by atoms with Gasteiger partial charge in [-0.3, -0.25) is 4.79 Å². The molecule has 17 heavy (non-hydrogen) atoms. The Morgan fingerprint density at radius 1 is 1.00 bits per heavy atom. The summed E-state index contributed by atoms with van der Waals surface area (Å²) in [5, 5.41) is 0. The zero-order valence-corrected chi connectivity index (χ0v) is 9.54. The average Bonchev–Trinajstić information content (AvgIpc) is 2.86. The van der Waals surface area contributed by atoms with E-state index in [1.807, 2.05) is 41.3 Å². The minimum Gasteiger partial charge on any atom is -0.348 e. The molecule has 0 spiro atoms. The molecule has 1 aromatic heterocycles. The maximum Gasteiger partial charge on any atom is 0.254 e. The number of rotatable bonds is 1. The highest BCUT2D eigenvalue weighted by atomic mass is 16.2. The molecule has 3 rings (SSSR count). The molecule has 3 heteroatoms. The summed E-state index contributed by atoms with van der Waals surface area (Å²) in [5.74, 6) is 0.123. The predicted molar refractivity (Wildman–Crippen MR) is 65.6 cm³/mol. The first kappa shape index (κ1) is 10.1.